The van der Waals surface area contributed by atoms with Crippen molar-refractivity contribution in [3.8, 4) is 0 Å². The van der Waals surface area contributed by atoms with Crippen molar-refractivity contribution < 1.29 is 9.59 Å². The largest absolute Gasteiger partial charge is 0.352 e. The molecule has 1 aromatic heterocycles. The van der Waals surface area contributed by atoms with Crippen LogP contribution in [0.15, 0.2) is 17.5 Å². The minimum absolute atomic E-state index is 0.112. The molecular formula is C18H29N3O2S. The molecule has 2 amide bonds. The fourth-order valence-electron chi connectivity index (χ4n) is 2.77. The average Bonchev–Trinajstić information content (AvgIpc) is 3.19. The van der Waals surface area contributed by atoms with Crippen LogP contribution in [0.2, 0.25) is 0 Å². The monoisotopic (exact) mass is 351 g/mol. The van der Waals surface area contributed by atoms with Gasteiger partial charge in [0.1, 0.15) is 6.04 Å². The zero-order valence-corrected chi connectivity index (χ0v) is 15.9. The molecule has 0 radical (unpaired) electrons. The van der Waals surface area contributed by atoms with Crippen molar-refractivity contribution in [2.45, 2.75) is 52.6 Å². The molecule has 1 saturated heterocycles. The lowest BCUT2D eigenvalue weighted by atomic mass is 9.95. The standard InChI is InChI=1S/C18H29N3O2S/c1-13(20-17(23)18(2,3)4)16(22)19-12-14(15-8-7-11-24-15)21-9-5-6-10-21/h7-8,11,13-14H,5-6,9-10,12H2,1-4H3,(H,19,22)(H,20,23). The summed E-state index contributed by atoms with van der Waals surface area (Å²) in [4.78, 5) is 28.1. The van der Waals surface area contributed by atoms with Crippen molar-refractivity contribution in [3.63, 3.8) is 0 Å². The highest BCUT2D eigenvalue weighted by Gasteiger charge is 2.27. The summed E-state index contributed by atoms with van der Waals surface area (Å²) in [6.45, 7) is 9.99. The lowest BCUT2D eigenvalue weighted by Gasteiger charge is -2.28. The van der Waals surface area contributed by atoms with Crippen LogP contribution in [0.4, 0.5) is 0 Å². The topological polar surface area (TPSA) is 61.4 Å². The molecule has 0 aliphatic carbocycles. The Hall–Kier alpha value is -1.40. The van der Waals surface area contributed by atoms with E-state index >= 15 is 0 Å². The number of hydrogen-bond acceptors (Lipinski definition) is 4. The van der Waals surface area contributed by atoms with Crippen LogP contribution in [-0.4, -0.2) is 42.4 Å². The number of nitrogens with zero attached hydrogens (tertiary/aromatic N) is 1. The summed E-state index contributed by atoms with van der Waals surface area (Å²) in [6.07, 6.45) is 2.43. The van der Waals surface area contributed by atoms with Gasteiger partial charge in [0.25, 0.3) is 0 Å². The number of nitrogens with one attached hydrogen (secondary N) is 2. The lowest BCUT2D eigenvalue weighted by Crippen LogP contribution is -2.49. The predicted octanol–water partition coefficient (Wildman–Crippen LogP) is 2.55. The molecule has 0 saturated carbocycles. The minimum atomic E-state index is -0.528. The third-order valence-electron chi connectivity index (χ3n) is 4.34. The minimum Gasteiger partial charge on any atom is -0.352 e. The van der Waals surface area contributed by atoms with Crippen molar-refractivity contribution >= 4 is 23.2 Å². The van der Waals surface area contributed by atoms with Gasteiger partial charge in [0.15, 0.2) is 0 Å². The molecule has 0 spiro atoms. The van der Waals surface area contributed by atoms with E-state index in [1.165, 1.54) is 17.7 Å². The summed E-state index contributed by atoms with van der Waals surface area (Å²) in [7, 11) is 0. The van der Waals surface area contributed by atoms with Crippen molar-refractivity contribution in [1.29, 1.82) is 0 Å². The molecule has 1 fully saturated rings. The highest BCUT2D eigenvalue weighted by atomic mass is 32.1. The van der Waals surface area contributed by atoms with Gasteiger partial charge < -0.3 is 10.6 Å². The molecule has 2 unspecified atom stereocenters. The molecule has 2 N–H and O–H groups in total. The number of carbonyl (C=O) groups is 2. The maximum absolute atomic E-state index is 12.4. The van der Waals surface area contributed by atoms with E-state index in [2.05, 4.69) is 33.0 Å². The summed E-state index contributed by atoms with van der Waals surface area (Å²) < 4.78 is 0. The maximum atomic E-state index is 12.4. The van der Waals surface area contributed by atoms with E-state index in [-0.39, 0.29) is 17.9 Å². The highest BCUT2D eigenvalue weighted by molar-refractivity contribution is 7.10. The number of carbonyl (C=O) groups excluding carboxylic acids is 2. The van der Waals surface area contributed by atoms with Crippen LogP contribution in [-0.2, 0) is 9.59 Å². The molecule has 24 heavy (non-hydrogen) atoms. The third kappa shape index (κ3) is 5.05. The Morgan fingerprint density at radius 3 is 2.50 bits per heavy atom. The summed E-state index contributed by atoms with van der Waals surface area (Å²) in [5.41, 5.74) is -0.496. The van der Waals surface area contributed by atoms with E-state index in [0.29, 0.717) is 6.54 Å². The Morgan fingerprint density at radius 2 is 1.96 bits per heavy atom. The van der Waals surface area contributed by atoms with E-state index in [4.69, 9.17) is 0 Å². The van der Waals surface area contributed by atoms with Crippen molar-refractivity contribution in [2.75, 3.05) is 19.6 Å². The van der Waals surface area contributed by atoms with Gasteiger partial charge >= 0.3 is 0 Å². The van der Waals surface area contributed by atoms with E-state index in [9.17, 15) is 9.59 Å². The Balaban J connectivity index is 1.91. The van der Waals surface area contributed by atoms with Crippen LogP contribution < -0.4 is 10.6 Å². The van der Waals surface area contributed by atoms with Gasteiger partial charge in [-0.05, 0) is 44.3 Å². The molecule has 2 atom stereocenters. The Labute approximate surface area is 148 Å². The zero-order valence-electron chi connectivity index (χ0n) is 15.1. The SMILES string of the molecule is CC(NC(=O)C(C)(C)C)C(=O)NCC(c1cccs1)N1CCCC1. The van der Waals surface area contributed by atoms with E-state index in [0.717, 1.165) is 13.1 Å². The molecule has 0 bridgehead atoms. The normalized spacial score (nSPS) is 18.2. The number of rotatable bonds is 6. The summed E-state index contributed by atoms with van der Waals surface area (Å²) >= 11 is 1.73. The molecule has 2 heterocycles. The third-order valence-corrected chi connectivity index (χ3v) is 5.32. The van der Waals surface area contributed by atoms with Crippen molar-refractivity contribution in [2.24, 2.45) is 5.41 Å². The number of hydrogen-bond donors (Lipinski definition) is 2. The number of amides is 2. The van der Waals surface area contributed by atoms with Crippen LogP contribution >= 0.6 is 11.3 Å². The average molecular weight is 352 g/mol. The first-order valence-electron chi connectivity index (χ1n) is 8.65. The van der Waals surface area contributed by atoms with E-state index < -0.39 is 11.5 Å². The summed E-state index contributed by atoms with van der Waals surface area (Å²) in [6, 6.07) is 3.88. The molecule has 6 heteroatoms. The van der Waals surface area contributed by atoms with Crippen LogP contribution in [0, 0.1) is 5.41 Å². The smallest absolute Gasteiger partial charge is 0.242 e. The van der Waals surface area contributed by atoms with Gasteiger partial charge in [-0.2, -0.15) is 0 Å². The van der Waals surface area contributed by atoms with Crippen molar-refractivity contribution in [1.82, 2.24) is 15.5 Å². The summed E-state index contributed by atoms with van der Waals surface area (Å²) in [5, 5.41) is 7.88. The highest BCUT2D eigenvalue weighted by Crippen LogP contribution is 2.27. The van der Waals surface area contributed by atoms with Crippen LogP contribution in [0.5, 0.6) is 0 Å². The Bertz CT molecular complexity index is 545. The number of thiophene rings is 1. The van der Waals surface area contributed by atoms with Gasteiger partial charge in [-0.3, -0.25) is 14.5 Å². The second-order valence-electron chi connectivity index (χ2n) is 7.46. The first-order chi connectivity index (χ1) is 11.3. The molecule has 1 aliphatic heterocycles. The molecule has 0 aromatic carbocycles. The van der Waals surface area contributed by atoms with E-state index in [1.54, 1.807) is 18.3 Å². The first-order valence-corrected chi connectivity index (χ1v) is 9.53. The molecule has 2 rings (SSSR count). The Morgan fingerprint density at radius 1 is 1.29 bits per heavy atom. The molecular weight excluding hydrogens is 322 g/mol. The fraction of sp³-hybridized carbons (Fsp3) is 0.667. The van der Waals surface area contributed by atoms with E-state index in [1.807, 2.05) is 20.8 Å². The molecule has 1 aromatic rings. The summed E-state index contributed by atoms with van der Waals surface area (Å²) in [5.74, 6) is -0.243. The second-order valence-corrected chi connectivity index (χ2v) is 8.44. The van der Waals surface area contributed by atoms with Gasteiger partial charge in [0.05, 0.1) is 6.04 Å². The van der Waals surface area contributed by atoms with Crippen LogP contribution in [0.3, 0.4) is 0 Å². The zero-order chi connectivity index (χ0) is 17.7. The quantitative estimate of drug-likeness (QED) is 0.828. The van der Waals surface area contributed by atoms with Crippen LogP contribution in [0.25, 0.3) is 0 Å². The van der Waals surface area contributed by atoms with Gasteiger partial charge in [0.2, 0.25) is 11.8 Å². The Kier molecular flexibility index (Phi) is 6.40. The van der Waals surface area contributed by atoms with Gasteiger partial charge in [-0.15, -0.1) is 11.3 Å². The molecule has 5 nitrogen and oxygen atoms in total. The van der Waals surface area contributed by atoms with Crippen LogP contribution in [0.1, 0.15) is 51.5 Å². The van der Waals surface area contributed by atoms with Crippen molar-refractivity contribution in [3.05, 3.63) is 22.4 Å². The second kappa shape index (κ2) is 8.12. The van der Waals surface area contributed by atoms with Gasteiger partial charge in [0, 0.05) is 16.8 Å². The first kappa shape index (κ1) is 18.9. The number of likely N-dealkylation sites (tertiary alicyclic amines) is 1. The molecule has 1 aliphatic rings. The fourth-order valence-corrected chi connectivity index (χ4v) is 3.63. The van der Waals surface area contributed by atoms with Gasteiger partial charge in [-0.1, -0.05) is 26.8 Å². The van der Waals surface area contributed by atoms with Gasteiger partial charge in [-0.25, -0.2) is 0 Å². The predicted molar refractivity (Wildman–Crippen MR) is 97.9 cm³/mol. The molecule has 134 valence electrons. The maximum Gasteiger partial charge on any atom is 0.242 e. The lowest BCUT2D eigenvalue weighted by molar-refractivity contribution is -0.133.